The molecule has 1 fully saturated rings. The van der Waals surface area contributed by atoms with Gasteiger partial charge in [0.15, 0.2) is 5.17 Å². The number of benzene rings is 3. The summed E-state index contributed by atoms with van der Waals surface area (Å²) in [6.07, 6.45) is 4.57. The number of amidine groups is 1. The lowest BCUT2D eigenvalue weighted by Crippen LogP contribution is -2.31. The number of thioether (sulfide) groups is 2. The molecule has 8 heteroatoms. The Bertz CT molecular complexity index is 1460. The lowest BCUT2D eigenvalue weighted by molar-refractivity contribution is -0.134. The largest absolute Gasteiger partial charge is 0.481 e. The molecule has 180 valence electrons. The van der Waals surface area contributed by atoms with Crippen LogP contribution in [0.1, 0.15) is 11.1 Å². The monoisotopic (exact) mass is 513 g/mol. The Labute approximate surface area is 217 Å². The summed E-state index contributed by atoms with van der Waals surface area (Å²) in [7, 11) is 0. The zero-order valence-corrected chi connectivity index (χ0v) is 20.9. The normalized spacial score (nSPS) is 15.9. The lowest BCUT2D eigenvalue weighted by atomic mass is 10.1. The van der Waals surface area contributed by atoms with Gasteiger partial charge in [-0.1, -0.05) is 48.5 Å². The van der Waals surface area contributed by atoms with Crippen molar-refractivity contribution in [2.45, 2.75) is 11.3 Å². The van der Waals surface area contributed by atoms with Gasteiger partial charge in [-0.2, -0.15) is 0 Å². The average molecular weight is 514 g/mol. The number of nitrogens with one attached hydrogen (secondary N) is 1. The van der Waals surface area contributed by atoms with Crippen LogP contribution >= 0.6 is 23.5 Å². The van der Waals surface area contributed by atoms with Crippen molar-refractivity contribution in [2.24, 2.45) is 4.99 Å². The van der Waals surface area contributed by atoms with Gasteiger partial charge in [0, 0.05) is 28.5 Å². The molecule has 2 N–H and O–H groups in total. The van der Waals surface area contributed by atoms with Gasteiger partial charge in [0.05, 0.1) is 16.3 Å². The molecule has 0 spiro atoms. The number of hydrogen-bond donors (Lipinski definition) is 2. The summed E-state index contributed by atoms with van der Waals surface area (Å²) in [5.41, 5.74) is 3.92. The molecule has 2 heterocycles. The Morgan fingerprint density at radius 2 is 1.78 bits per heavy atom. The smallest absolute Gasteiger partial charge is 0.313 e. The molecule has 1 saturated heterocycles. The number of rotatable bonds is 8. The molecule has 0 aliphatic carbocycles. The van der Waals surface area contributed by atoms with E-state index in [2.05, 4.69) is 11.1 Å². The zero-order valence-electron chi connectivity index (χ0n) is 19.3. The lowest BCUT2D eigenvalue weighted by Gasteiger charge is -2.15. The summed E-state index contributed by atoms with van der Waals surface area (Å²) < 4.78 is 0. The summed E-state index contributed by atoms with van der Waals surface area (Å²) in [5, 5.41) is 10.7. The standard InChI is InChI=1S/C28H23N3O3S2/c32-26(33)18-35-22-12-10-19(11-13-22)16-25-27(34)31(28(36-25)30-21-6-2-1-3-7-21)15-14-20-17-29-24-9-5-4-8-23(20)24/h1-13,16-17,29H,14-15,18H2,(H,32,33)/b25-16-,30-28?. The van der Waals surface area contributed by atoms with E-state index >= 15 is 0 Å². The highest BCUT2D eigenvalue weighted by Crippen LogP contribution is 2.35. The number of aromatic amines is 1. The van der Waals surface area contributed by atoms with Gasteiger partial charge in [0.1, 0.15) is 0 Å². The number of para-hydroxylation sites is 2. The van der Waals surface area contributed by atoms with E-state index < -0.39 is 5.97 Å². The number of carbonyl (C=O) groups excluding carboxylic acids is 1. The molecule has 1 aliphatic rings. The number of carboxylic acids is 1. The third kappa shape index (κ3) is 5.56. The molecule has 3 aromatic carbocycles. The highest BCUT2D eigenvalue weighted by molar-refractivity contribution is 8.18. The molecule has 1 aromatic heterocycles. The van der Waals surface area contributed by atoms with Crippen molar-refractivity contribution >= 4 is 63.2 Å². The summed E-state index contributed by atoms with van der Waals surface area (Å²) >= 11 is 2.64. The van der Waals surface area contributed by atoms with Crippen LogP contribution in [0.15, 0.2) is 99.9 Å². The molecule has 6 nitrogen and oxygen atoms in total. The van der Waals surface area contributed by atoms with E-state index in [0.717, 1.165) is 32.6 Å². The van der Waals surface area contributed by atoms with Crippen molar-refractivity contribution in [1.29, 1.82) is 0 Å². The fraction of sp³-hybridized carbons (Fsp3) is 0.107. The van der Waals surface area contributed by atoms with Crippen LogP contribution in [-0.4, -0.2) is 44.3 Å². The number of carbonyl (C=O) groups is 2. The van der Waals surface area contributed by atoms with Gasteiger partial charge in [-0.15, -0.1) is 11.8 Å². The van der Waals surface area contributed by atoms with E-state index in [1.165, 1.54) is 23.5 Å². The molecule has 1 aliphatic heterocycles. The second-order valence-corrected chi connectivity index (χ2v) is 10.2. The van der Waals surface area contributed by atoms with Crippen LogP contribution in [0.4, 0.5) is 5.69 Å². The molecule has 0 saturated carbocycles. The number of aromatic nitrogens is 1. The Morgan fingerprint density at radius 3 is 2.56 bits per heavy atom. The maximum Gasteiger partial charge on any atom is 0.313 e. The first kappa shape index (κ1) is 24.0. The quantitative estimate of drug-likeness (QED) is 0.217. The second-order valence-electron chi connectivity index (χ2n) is 8.16. The molecule has 0 radical (unpaired) electrons. The molecule has 5 rings (SSSR count). The van der Waals surface area contributed by atoms with E-state index in [1.54, 1.807) is 4.90 Å². The van der Waals surface area contributed by atoms with Gasteiger partial charge < -0.3 is 10.1 Å². The van der Waals surface area contributed by atoms with Crippen molar-refractivity contribution in [2.75, 3.05) is 12.3 Å². The molecule has 0 bridgehead atoms. The predicted octanol–water partition coefficient (Wildman–Crippen LogP) is 6.19. The second kappa shape index (κ2) is 10.9. The Kier molecular flexibility index (Phi) is 7.25. The van der Waals surface area contributed by atoms with Crippen LogP contribution in [0.2, 0.25) is 0 Å². The Hall–Kier alpha value is -3.75. The Balaban J connectivity index is 1.39. The third-order valence-electron chi connectivity index (χ3n) is 5.69. The summed E-state index contributed by atoms with van der Waals surface area (Å²) in [4.78, 5) is 35.6. The molecule has 4 aromatic rings. The zero-order chi connectivity index (χ0) is 24.9. The van der Waals surface area contributed by atoms with E-state index in [9.17, 15) is 9.59 Å². The minimum Gasteiger partial charge on any atom is -0.481 e. The van der Waals surface area contributed by atoms with Crippen molar-refractivity contribution in [3.63, 3.8) is 0 Å². The molecule has 36 heavy (non-hydrogen) atoms. The Morgan fingerprint density at radius 1 is 1.03 bits per heavy atom. The van der Waals surface area contributed by atoms with Crippen LogP contribution in [0.25, 0.3) is 17.0 Å². The van der Waals surface area contributed by atoms with Crippen LogP contribution in [-0.2, 0) is 16.0 Å². The summed E-state index contributed by atoms with van der Waals surface area (Å²) in [6, 6.07) is 25.3. The predicted molar refractivity (Wildman–Crippen MR) is 148 cm³/mol. The number of hydrogen-bond acceptors (Lipinski definition) is 5. The minimum atomic E-state index is -0.850. The van der Waals surface area contributed by atoms with Crippen LogP contribution < -0.4 is 0 Å². The topological polar surface area (TPSA) is 85.8 Å². The minimum absolute atomic E-state index is 0.0134. The van der Waals surface area contributed by atoms with Crippen LogP contribution in [0.5, 0.6) is 0 Å². The number of aliphatic imine (C=N–C) groups is 1. The maximum atomic E-state index is 13.5. The number of carboxylic acid groups (broad SMARTS) is 1. The molecule has 0 atom stereocenters. The maximum absolute atomic E-state index is 13.5. The van der Waals surface area contributed by atoms with Crippen LogP contribution in [0, 0.1) is 0 Å². The fourth-order valence-electron chi connectivity index (χ4n) is 3.93. The van der Waals surface area contributed by atoms with Gasteiger partial charge in [-0.05, 0) is 65.7 Å². The van der Waals surface area contributed by atoms with Gasteiger partial charge in [0.2, 0.25) is 0 Å². The number of H-pyrrole nitrogens is 1. The number of nitrogens with zero attached hydrogens (tertiary/aromatic N) is 2. The first-order chi connectivity index (χ1) is 17.6. The van der Waals surface area contributed by atoms with Crippen molar-refractivity contribution in [3.8, 4) is 0 Å². The third-order valence-corrected chi connectivity index (χ3v) is 7.69. The first-order valence-electron chi connectivity index (χ1n) is 11.4. The van der Waals surface area contributed by atoms with Crippen molar-refractivity contribution in [3.05, 3.63) is 101 Å². The highest BCUT2D eigenvalue weighted by atomic mass is 32.2. The molecular weight excluding hydrogens is 490 g/mol. The van der Waals surface area contributed by atoms with Crippen molar-refractivity contribution < 1.29 is 14.7 Å². The van der Waals surface area contributed by atoms with Gasteiger partial charge >= 0.3 is 5.97 Å². The van der Waals surface area contributed by atoms with E-state index in [1.807, 2.05) is 85.1 Å². The van der Waals surface area contributed by atoms with E-state index in [-0.39, 0.29) is 11.7 Å². The summed E-state index contributed by atoms with van der Waals surface area (Å²) in [5.74, 6) is -0.907. The first-order valence-corrected chi connectivity index (χ1v) is 13.2. The van der Waals surface area contributed by atoms with E-state index in [0.29, 0.717) is 23.0 Å². The number of fused-ring (bicyclic) bond motifs is 1. The summed E-state index contributed by atoms with van der Waals surface area (Å²) in [6.45, 7) is 0.515. The van der Waals surface area contributed by atoms with Gasteiger partial charge in [-0.3, -0.25) is 14.5 Å². The number of aliphatic carboxylic acids is 1. The fourth-order valence-corrected chi connectivity index (χ4v) is 5.57. The van der Waals surface area contributed by atoms with Crippen LogP contribution in [0.3, 0.4) is 0 Å². The van der Waals surface area contributed by atoms with E-state index in [4.69, 9.17) is 10.1 Å². The molecular formula is C28H23N3O3S2. The SMILES string of the molecule is O=C(O)CSc1ccc(/C=C2\SC(=Nc3ccccc3)N(CCc3c[nH]c4ccccc34)C2=O)cc1. The van der Waals surface area contributed by atoms with Gasteiger partial charge in [0.25, 0.3) is 5.91 Å². The molecule has 1 amide bonds. The molecule has 0 unspecified atom stereocenters. The average Bonchev–Trinajstić information content (AvgIpc) is 3.43. The van der Waals surface area contributed by atoms with Gasteiger partial charge in [-0.25, -0.2) is 4.99 Å². The highest BCUT2D eigenvalue weighted by Gasteiger charge is 2.33. The van der Waals surface area contributed by atoms with Crippen molar-refractivity contribution in [1.82, 2.24) is 9.88 Å². The number of amides is 1.